The molecular formula is C29H30O5. The van der Waals surface area contributed by atoms with Crippen LogP contribution in [0.25, 0.3) is 5.57 Å². The van der Waals surface area contributed by atoms with Crippen LogP contribution in [0.4, 0.5) is 0 Å². The smallest absolute Gasteiger partial charge is 0.316 e. The van der Waals surface area contributed by atoms with E-state index in [9.17, 15) is 9.59 Å². The molecule has 2 aromatic rings. The van der Waals surface area contributed by atoms with Crippen molar-refractivity contribution in [3.63, 3.8) is 0 Å². The molecule has 5 rings (SSSR count). The van der Waals surface area contributed by atoms with Crippen molar-refractivity contribution in [2.24, 2.45) is 17.3 Å². The number of carbonyl (C=O) groups is 2. The second-order valence-corrected chi connectivity index (χ2v) is 10.5. The first-order valence-corrected chi connectivity index (χ1v) is 11.8. The maximum atomic E-state index is 13.7. The van der Waals surface area contributed by atoms with E-state index in [0.717, 1.165) is 28.0 Å². The number of allylic oxidation sites excluding steroid dienone is 1. The summed E-state index contributed by atoms with van der Waals surface area (Å²) in [5.74, 6) is 0.223. The highest BCUT2D eigenvalue weighted by molar-refractivity contribution is 6.26. The van der Waals surface area contributed by atoms with Crippen LogP contribution in [0.1, 0.15) is 43.0 Å². The van der Waals surface area contributed by atoms with Crippen molar-refractivity contribution < 1.29 is 23.8 Å². The molecular weight excluding hydrogens is 428 g/mol. The molecule has 5 heteroatoms. The predicted octanol–water partition coefficient (Wildman–Crippen LogP) is 5.34. The van der Waals surface area contributed by atoms with E-state index < -0.39 is 5.41 Å². The Morgan fingerprint density at radius 1 is 0.971 bits per heavy atom. The van der Waals surface area contributed by atoms with E-state index in [1.165, 1.54) is 0 Å². The van der Waals surface area contributed by atoms with Crippen molar-refractivity contribution in [2.45, 2.75) is 53.4 Å². The summed E-state index contributed by atoms with van der Waals surface area (Å²) in [5.41, 5.74) is 3.56. The Bertz CT molecular complexity index is 1190. The molecule has 0 radical (unpaired) electrons. The predicted molar refractivity (Wildman–Crippen MR) is 129 cm³/mol. The number of Topliss-reactive ketones (excluding diaryl/α,β-unsaturated/α-hetero) is 1. The van der Waals surface area contributed by atoms with E-state index in [4.69, 9.17) is 14.2 Å². The van der Waals surface area contributed by atoms with Gasteiger partial charge >= 0.3 is 5.97 Å². The Morgan fingerprint density at radius 3 is 2.21 bits per heavy atom. The summed E-state index contributed by atoms with van der Waals surface area (Å²) in [6.45, 7) is 9.85. The van der Waals surface area contributed by atoms with Crippen molar-refractivity contribution in [1.29, 1.82) is 0 Å². The number of rotatable bonds is 5. The molecule has 2 heterocycles. The van der Waals surface area contributed by atoms with Gasteiger partial charge in [0.1, 0.15) is 18.1 Å². The standard InChI is InChI=1S/C29H30O5/c1-16-13-19(32-15-18-9-7-6-8-10-18)14-17(2)22(16)25-26(30)23-20-11-12-21(33-20)24(23)27(25)34-28(31)29(3,4)5/h6-14,20-21,23-24H,15H2,1-5H3/t20-,21+,23+,24-/m1/s1. The summed E-state index contributed by atoms with van der Waals surface area (Å²) >= 11 is 0. The zero-order valence-electron chi connectivity index (χ0n) is 20.3. The number of ketones is 1. The summed E-state index contributed by atoms with van der Waals surface area (Å²) in [6, 6.07) is 13.9. The van der Waals surface area contributed by atoms with E-state index in [1.807, 2.05) is 89.2 Å². The molecule has 0 saturated carbocycles. The summed E-state index contributed by atoms with van der Waals surface area (Å²) < 4.78 is 18.0. The normalized spacial score (nSPS) is 25.1. The molecule has 1 aliphatic carbocycles. The van der Waals surface area contributed by atoms with Gasteiger partial charge < -0.3 is 14.2 Å². The number of fused-ring (bicyclic) bond motifs is 5. The summed E-state index contributed by atoms with van der Waals surface area (Å²) in [6.07, 6.45) is 3.43. The lowest BCUT2D eigenvalue weighted by Crippen LogP contribution is -2.29. The minimum absolute atomic E-state index is 0.0114. The number of benzene rings is 2. The monoisotopic (exact) mass is 458 g/mol. The number of aryl methyl sites for hydroxylation is 2. The van der Waals surface area contributed by atoms with E-state index in [-0.39, 0.29) is 35.8 Å². The average molecular weight is 459 g/mol. The molecule has 1 saturated heterocycles. The highest BCUT2D eigenvalue weighted by Gasteiger charge is 2.58. The van der Waals surface area contributed by atoms with Gasteiger partial charge in [-0.3, -0.25) is 9.59 Å². The molecule has 2 aromatic carbocycles. The maximum absolute atomic E-state index is 13.7. The maximum Gasteiger partial charge on any atom is 0.316 e. The highest BCUT2D eigenvalue weighted by atomic mass is 16.5. The Labute approximate surface area is 200 Å². The third kappa shape index (κ3) is 3.78. The van der Waals surface area contributed by atoms with Crippen LogP contribution >= 0.6 is 0 Å². The van der Waals surface area contributed by atoms with Crippen LogP contribution in [0.2, 0.25) is 0 Å². The quantitative estimate of drug-likeness (QED) is 0.447. The molecule has 0 amide bonds. The Morgan fingerprint density at radius 2 is 1.59 bits per heavy atom. The first-order valence-electron chi connectivity index (χ1n) is 11.8. The Hall–Kier alpha value is -3.18. The fourth-order valence-electron chi connectivity index (χ4n) is 5.15. The van der Waals surface area contributed by atoms with Gasteiger partial charge in [-0.2, -0.15) is 0 Å². The molecule has 0 aromatic heterocycles. The zero-order chi connectivity index (χ0) is 24.2. The van der Waals surface area contributed by atoms with Gasteiger partial charge in [0.25, 0.3) is 0 Å². The van der Waals surface area contributed by atoms with Gasteiger partial charge in [0.15, 0.2) is 5.78 Å². The van der Waals surface area contributed by atoms with Crippen LogP contribution in [0.5, 0.6) is 5.75 Å². The molecule has 2 bridgehead atoms. The average Bonchev–Trinajstić information content (AvgIpc) is 3.47. The summed E-state index contributed by atoms with van der Waals surface area (Å²) in [4.78, 5) is 26.6. The van der Waals surface area contributed by atoms with E-state index >= 15 is 0 Å². The lowest BCUT2D eigenvalue weighted by Gasteiger charge is -2.23. The van der Waals surface area contributed by atoms with E-state index in [0.29, 0.717) is 17.9 Å². The fraction of sp³-hybridized carbons (Fsp3) is 0.379. The van der Waals surface area contributed by atoms with Crippen molar-refractivity contribution in [3.8, 4) is 5.75 Å². The minimum atomic E-state index is -0.688. The number of esters is 1. The topological polar surface area (TPSA) is 61.8 Å². The molecule has 5 nitrogen and oxygen atoms in total. The van der Waals surface area contributed by atoms with Crippen LogP contribution in [-0.2, 0) is 25.7 Å². The van der Waals surface area contributed by atoms with Gasteiger partial charge in [-0.1, -0.05) is 42.5 Å². The summed E-state index contributed by atoms with van der Waals surface area (Å²) in [5, 5.41) is 0. The van der Waals surface area contributed by atoms with Crippen LogP contribution in [-0.4, -0.2) is 24.0 Å². The largest absolute Gasteiger partial charge is 0.489 e. The molecule has 34 heavy (non-hydrogen) atoms. The van der Waals surface area contributed by atoms with E-state index in [2.05, 4.69) is 0 Å². The second kappa shape index (κ2) is 8.24. The van der Waals surface area contributed by atoms with Crippen molar-refractivity contribution >= 4 is 17.3 Å². The van der Waals surface area contributed by atoms with Gasteiger partial charge in [-0.05, 0) is 69.0 Å². The second-order valence-electron chi connectivity index (χ2n) is 10.5. The first kappa shape index (κ1) is 22.6. The molecule has 0 unspecified atom stereocenters. The van der Waals surface area contributed by atoms with Gasteiger partial charge in [-0.25, -0.2) is 0 Å². The first-order chi connectivity index (χ1) is 16.1. The van der Waals surface area contributed by atoms with Gasteiger partial charge in [0.05, 0.1) is 35.0 Å². The summed E-state index contributed by atoms with van der Waals surface area (Å²) in [7, 11) is 0. The lowest BCUT2D eigenvalue weighted by atomic mass is 9.84. The molecule has 2 aliphatic heterocycles. The minimum Gasteiger partial charge on any atom is -0.489 e. The molecule has 0 N–H and O–H groups in total. The number of hydrogen-bond acceptors (Lipinski definition) is 5. The molecule has 176 valence electrons. The number of carbonyl (C=O) groups excluding carboxylic acids is 2. The van der Waals surface area contributed by atoms with Gasteiger partial charge in [0.2, 0.25) is 0 Å². The SMILES string of the molecule is Cc1cc(OCc2ccccc2)cc(C)c1C1=C(OC(=O)C(C)(C)C)[C@H]2[C@@H](C1=O)[C@H]1C=C[C@@H]2O1. The molecule has 4 atom stereocenters. The van der Waals surface area contributed by atoms with Crippen molar-refractivity contribution in [2.75, 3.05) is 0 Å². The van der Waals surface area contributed by atoms with Crippen LogP contribution in [0.15, 0.2) is 60.4 Å². The molecule has 1 fully saturated rings. The van der Waals surface area contributed by atoms with Gasteiger partial charge in [0, 0.05) is 0 Å². The third-order valence-electron chi connectivity index (χ3n) is 6.82. The lowest BCUT2D eigenvalue weighted by molar-refractivity contribution is -0.149. The Balaban J connectivity index is 1.53. The van der Waals surface area contributed by atoms with Crippen molar-refractivity contribution in [3.05, 3.63) is 82.6 Å². The number of hydrogen-bond donors (Lipinski definition) is 0. The highest BCUT2D eigenvalue weighted by Crippen LogP contribution is 2.53. The molecule has 0 spiro atoms. The third-order valence-corrected chi connectivity index (χ3v) is 6.82. The fourth-order valence-corrected chi connectivity index (χ4v) is 5.15. The molecule has 3 aliphatic rings. The van der Waals surface area contributed by atoms with Crippen LogP contribution in [0, 0.1) is 31.1 Å². The zero-order valence-corrected chi connectivity index (χ0v) is 20.3. The van der Waals surface area contributed by atoms with Crippen LogP contribution in [0.3, 0.4) is 0 Å². The van der Waals surface area contributed by atoms with Gasteiger partial charge in [-0.15, -0.1) is 0 Å². The Kier molecular flexibility index (Phi) is 5.48. The van der Waals surface area contributed by atoms with Crippen LogP contribution < -0.4 is 4.74 Å². The number of ether oxygens (including phenoxy) is 3. The van der Waals surface area contributed by atoms with Crippen molar-refractivity contribution in [1.82, 2.24) is 0 Å². The van der Waals surface area contributed by atoms with E-state index in [1.54, 1.807) is 0 Å².